The summed E-state index contributed by atoms with van der Waals surface area (Å²) in [4.78, 5) is -0.265. The molecular formula is C12H17N3O4S2. The SMILES string of the molecule is CNS(=O)(=O)c1cccc(S(=O)(=O)N(C)CC(C)C#N)c1. The lowest BCUT2D eigenvalue weighted by atomic mass is 10.2. The number of nitrogens with one attached hydrogen (secondary N) is 1. The third kappa shape index (κ3) is 4.01. The molecule has 0 saturated carbocycles. The average molecular weight is 331 g/mol. The van der Waals surface area contributed by atoms with E-state index in [0.29, 0.717) is 0 Å². The van der Waals surface area contributed by atoms with Crippen LogP contribution in [0, 0.1) is 17.2 Å². The van der Waals surface area contributed by atoms with Gasteiger partial charge in [-0.3, -0.25) is 0 Å². The second-order valence-corrected chi connectivity index (χ2v) is 8.43. The minimum atomic E-state index is -3.85. The van der Waals surface area contributed by atoms with Gasteiger partial charge in [-0.15, -0.1) is 0 Å². The van der Waals surface area contributed by atoms with Crippen LogP contribution in [0.5, 0.6) is 0 Å². The summed E-state index contributed by atoms with van der Waals surface area (Å²) in [6.45, 7) is 1.63. The van der Waals surface area contributed by atoms with Gasteiger partial charge in [0.15, 0.2) is 0 Å². The molecule has 0 aliphatic heterocycles. The molecule has 0 fully saturated rings. The maximum Gasteiger partial charge on any atom is 0.242 e. The van der Waals surface area contributed by atoms with Crippen LogP contribution in [0.1, 0.15) is 6.92 Å². The lowest BCUT2D eigenvalue weighted by Crippen LogP contribution is -2.31. The fourth-order valence-corrected chi connectivity index (χ4v) is 3.78. The van der Waals surface area contributed by atoms with Crippen LogP contribution in [0.25, 0.3) is 0 Å². The Balaban J connectivity index is 3.22. The van der Waals surface area contributed by atoms with Crippen molar-refractivity contribution in [1.29, 1.82) is 5.26 Å². The predicted octanol–water partition coefficient (Wildman–Crippen LogP) is 0.375. The van der Waals surface area contributed by atoms with Gasteiger partial charge in [0.2, 0.25) is 20.0 Å². The van der Waals surface area contributed by atoms with Crippen molar-refractivity contribution in [2.24, 2.45) is 5.92 Å². The standard InChI is InChI=1S/C12H17N3O4S2/c1-10(8-13)9-15(3)21(18,19)12-6-4-5-11(7-12)20(16,17)14-2/h4-7,10,14H,9H2,1-3H3. The van der Waals surface area contributed by atoms with E-state index >= 15 is 0 Å². The minimum Gasteiger partial charge on any atom is -0.214 e. The average Bonchev–Trinajstić information content (AvgIpc) is 2.47. The maximum absolute atomic E-state index is 12.4. The van der Waals surface area contributed by atoms with Crippen molar-refractivity contribution in [3.63, 3.8) is 0 Å². The summed E-state index contributed by atoms with van der Waals surface area (Å²) in [7, 11) is -4.97. The largest absolute Gasteiger partial charge is 0.242 e. The molecule has 1 rings (SSSR count). The molecule has 7 nitrogen and oxygen atoms in total. The van der Waals surface area contributed by atoms with Gasteiger partial charge in [0.1, 0.15) is 0 Å². The summed E-state index contributed by atoms with van der Waals surface area (Å²) in [6, 6.07) is 7.03. The number of rotatable bonds is 6. The van der Waals surface area contributed by atoms with Crippen LogP contribution in [0.3, 0.4) is 0 Å². The lowest BCUT2D eigenvalue weighted by Gasteiger charge is -2.18. The molecule has 0 aliphatic carbocycles. The van der Waals surface area contributed by atoms with E-state index < -0.39 is 26.0 Å². The maximum atomic E-state index is 12.4. The molecule has 1 unspecified atom stereocenters. The molecule has 0 aromatic heterocycles. The Labute approximate surface area is 125 Å². The van der Waals surface area contributed by atoms with E-state index in [4.69, 9.17) is 5.26 Å². The number of nitriles is 1. The van der Waals surface area contributed by atoms with Gasteiger partial charge >= 0.3 is 0 Å². The summed E-state index contributed by atoms with van der Waals surface area (Å²) >= 11 is 0. The highest BCUT2D eigenvalue weighted by molar-refractivity contribution is 7.90. The summed E-state index contributed by atoms with van der Waals surface area (Å²) < 4.78 is 51.3. The zero-order chi connectivity index (χ0) is 16.3. The van der Waals surface area contributed by atoms with Crippen molar-refractivity contribution in [1.82, 2.24) is 9.03 Å². The quantitative estimate of drug-likeness (QED) is 0.810. The highest BCUT2D eigenvalue weighted by Crippen LogP contribution is 2.19. The molecule has 0 saturated heterocycles. The Morgan fingerprint density at radius 1 is 1.29 bits per heavy atom. The highest BCUT2D eigenvalue weighted by Gasteiger charge is 2.24. The van der Waals surface area contributed by atoms with Crippen LogP contribution in [0.15, 0.2) is 34.1 Å². The van der Waals surface area contributed by atoms with Crippen LogP contribution in [-0.4, -0.2) is 41.8 Å². The molecule has 0 amide bonds. The minimum absolute atomic E-state index is 0.0296. The Morgan fingerprint density at radius 3 is 2.38 bits per heavy atom. The molecule has 0 spiro atoms. The zero-order valence-electron chi connectivity index (χ0n) is 11.9. The monoisotopic (exact) mass is 331 g/mol. The molecule has 0 radical (unpaired) electrons. The first-order chi connectivity index (χ1) is 9.65. The number of hydrogen-bond acceptors (Lipinski definition) is 5. The van der Waals surface area contributed by atoms with E-state index in [1.54, 1.807) is 6.92 Å². The Hall–Kier alpha value is -1.47. The van der Waals surface area contributed by atoms with E-state index in [-0.39, 0.29) is 16.3 Å². The molecule has 0 heterocycles. The molecule has 21 heavy (non-hydrogen) atoms. The van der Waals surface area contributed by atoms with Gasteiger partial charge in [0.25, 0.3) is 0 Å². The topological polar surface area (TPSA) is 107 Å². The van der Waals surface area contributed by atoms with Crippen molar-refractivity contribution >= 4 is 20.0 Å². The van der Waals surface area contributed by atoms with Crippen molar-refractivity contribution in [3.8, 4) is 6.07 Å². The number of benzene rings is 1. The van der Waals surface area contributed by atoms with Gasteiger partial charge in [-0.2, -0.15) is 9.57 Å². The van der Waals surface area contributed by atoms with E-state index in [1.807, 2.05) is 6.07 Å². The third-order valence-electron chi connectivity index (χ3n) is 2.84. The van der Waals surface area contributed by atoms with E-state index in [2.05, 4.69) is 4.72 Å². The fourth-order valence-electron chi connectivity index (χ4n) is 1.62. The smallest absolute Gasteiger partial charge is 0.214 e. The normalized spacial score (nSPS) is 13.9. The number of hydrogen-bond donors (Lipinski definition) is 1. The van der Waals surface area contributed by atoms with E-state index in [1.165, 1.54) is 32.3 Å². The Morgan fingerprint density at radius 2 is 1.86 bits per heavy atom. The van der Waals surface area contributed by atoms with Crippen LogP contribution < -0.4 is 4.72 Å². The summed E-state index contributed by atoms with van der Waals surface area (Å²) in [5.41, 5.74) is 0. The first-order valence-electron chi connectivity index (χ1n) is 6.04. The van der Waals surface area contributed by atoms with E-state index in [9.17, 15) is 16.8 Å². The molecule has 0 aliphatic rings. The molecule has 1 atom stereocenters. The highest BCUT2D eigenvalue weighted by atomic mass is 32.2. The Kier molecular flexibility index (Phi) is 5.47. The predicted molar refractivity (Wildman–Crippen MR) is 77.3 cm³/mol. The lowest BCUT2D eigenvalue weighted by molar-refractivity contribution is 0.439. The second-order valence-electron chi connectivity index (χ2n) is 4.50. The summed E-state index contributed by atoms with van der Waals surface area (Å²) in [5.74, 6) is -0.464. The number of sulfonamides is 2. The molecular weight excluding hydrogens is 314 g/mol. The zero-order valence-corrected chi connectivity index (χ0v) is 13.6. The first-order valence-corrected chi connectivity index (χ1v) is 8.97. The van der Waals surface area contributed by atoms with Crippen LogP contribution in [0.4, 0.5) is 0 Å². The molecule has 1 N–H and O–H groups in total. The van der Waals surface area contributed by atoms with Gasteiger partial charge in [-0.05, 0) is 32.2 Å². The van der Waals surface area contributed by atoms with Gasteiger partial charge in [0.05, 0.1) is 21.8 Å². The molecule has 9 heteroatoms. The van der Waals surface area contributed by atoms with Crippen LogP contribution in [0.2, 0.25) is 0 Å². The first kappa shape index (κ1) is 17.6. The van der Waals surface area contributed by atoms with Crippen molar-refractivity contribution in [3.05, 3.63) is 24.3 Å². The molecule has 0 bridgehead atoms. The van der Waals surface area contributed by atoms with Gasteiger partial charge < -0.3 is 0 Å². The summed E-state index contributed by atoms with van der Waals surface area (Å²) in [6.07, 6.45) is 0. The molecule has 116 valence electrons. The van der Waals surface area contributed by atoms with Crippen molar-refractivity contribution in [2.45, 2.75) is 16.7 Å². The van der Waals surface area contributed by atoms with E-state index in [0.717, 1.165) is 10.4 Å². The van der Waals surface area contributed by atoms with Crippen LogP contribution >= 0.6 is 0 Å². The van der Waals surface area contributed by atoms with Crippen LogP contribution in [-0.2, 0) is 20.0 Å². The van der Waals surface area contributed by atoms with Gasteiger partial charge in [-0.25, -0.2) is 21.6 Å². The second kappa shape index (κ2) is 6.53. The van der Waals surface area contributed by atoms with Gasteiger partial charge in [-0.1, -0.05) is 6.07 Å². The fraction of sp³-hybridized carbons (Fsp3) is 0.417. The molecule has 1 aromatic rings. The third-order valence-corrected chi connectivity index (χ3v) is 6.08. The number of nitrogens with zero attached hydrogens (tertiary/aromatic N) is 2. The van der Waals surface area contributed by atoms with Crippen molar-refractivity contribution < 1.29 is 16.8 Å². The summed E-state index contributed by atoms with van der Waals surface area (Å²) in [5, 5.41) is 8.74. The Bertz CT molecular complexity index is 751. The van der Waals surface area contributed by atoms with Gasteiger partial charge in [0, 0.05) is 13.6 Å². The molecule has 1 aromatic carbocycles. The van der Waals surface area contributed by atoms with Crippen molar-refractivity contribution in [2.75, 3.05) is 20.6 Å².